The molecule has 140 valence electrons. The first-order chi connectivity index (χ1) is 13.3. The van der Waals surface area contributed by atoms with Gasteiger partial charge < -0.3 is 4.98 Å². The highest BCUT2D eigenvalue weighted by Crippen LogP contribution is 2.48. The molecule has 5 rings (SSSR count). The number of benzene rings is 2. The quantitative estimate of drug-likeness (QED) is 0.462. The molecule has 0 amide bonds. The minimum atomic E-state index is -0.147. The minimum absolute atomic E-state index is 0. The van der Waals surface area contributed by atoms with Gasteiger partial charge in [0.25, 0.3) is 0 Å². The van der Waals surface area contributed by atoms with Gasteiger partial charge in [0.2, 0.25) is 0 Å². The number of aromatic amines is 1. The smallest absolute Gasteiger partial charge is 0.123 e. The summed E-state index contributed by atoms with van der Waals surface area (Å²) in [6, 6.07) is 13.8. The van der Waals surface area contributed by atoms with E-state index in [0.29, 0.717) is 0 Å². The van der Waals surface area contributed by atoms with Crippen LogP contribution in [0.3, 0.4) is 0 Å². The molecule has 2 aliphatic carbocycles. The van der Waals surface area contributed by atoms with E-state index in [1.807, 2.05) is 19.9 Å². The average Bonchev–Trinajstić information content (AvgIpc) is 3.14. The molecule has 2 aliphatic rings. The van der Waals surface area contributed by atoms with Gasteiger partial charge in [0.05, 0.1) is 0 Å². The van der Waals surface area contributed by atoms with Crippen LogP contribution >= 0.6 is 0 Å². The Kier molecular flexibility index (Phi) is 4.73. The monoisotopic (exact) mass is 361 g/mol. The van der Waals surface area contributed by atoms with E-state index >= 15 is 0 Å². The predicted octanol–water partition coefficient (Wildman–Crippen LogP) is 7.50. The molecule has 1 heterocycles. The number of hydrogen-bond donors (Lipinski definition) is 1. The number of halogens is 1. The molecule has 3 aromatic rings. The molecule has 2 heteroatoms. The summed E-state index contributed by atoms with van der Waals surface area (Å²) in [5.41, 5.74) is 6.45. The number of fused-ring (bicyclic) bond motifs is 3. The number of aromatic nitrogens is 1. The Bertz CT molecular complexity index is 1030. The zero-order valence-corrected chi connectivity index (χ0v) is 16.1. The minimum Gasteiger partial charge on any atom is -0.361 e. The van der Waals surface area contributed by atoms with E-state index in [1.54, 1.807) is 12.1 Å². The van der Waals surface area contributed by atoms with Crippen molar-refractivity contribution in [3.8, 4) is 0 Å². The van der Waals surface area contributed by atoms with E-state index in [9.17, 15) is 4.39 Å². The summed E-state index contributed by atoms with van der Waals surface area (Å²) in [6.07, 6.45) is 13.1. The van der Waals surface area contributed by atoms with E-state index in [1.165, 1.54) is 27.6 Å². The Morgan fingerprint density at radius 1 is 1.07 bits per heavy atom. The van der Waals surface area contributed by atoms with Gasteiger partial charge in [-0.1, -0.05) is 56.3 Å². The number of rotatable bonds is 1. The molecule has 0 saturated heterocycles. The largest absolute Gasteiger partial charge is 0.361 e. The van der Waals surface area contributed by atoms with Gasteiger partial charge in [-0.05, 0) is 60.6 Å². The fourth-order valence-corrected chi connectivity index (χ4v) is 4.58. The van der Waals surface area contributed by atoms with Gasteiger partial charge in [0, 0.05) is 29.5 Å². The van der Waals surface area contributed by atoms with Crippen LogP contribution in [0.5, 0.6) is 0 Å². The van der Waals surface area contributed by atoms with Crippen molar-refractivity contribution in [2.45, 2.75) is 44.9 Å². The second kappa shape index (κ2) is 7.19. The summed E-state index contributed by atoms with van der Waals surface area (Å²) in [7, 11) is 0. The highest BCUT2D eigenvalue weighted by atomic mass is 19.1. The summed E-state index contributed by atoms with van der Waals surface area (Å²) >= 11 is 0. The zero-order chi connectivity index (χ0) is 18.9. The van der Waals surface area contributed by atoms with Crippen molar-refractivity contribution in [1.29, 1.82) is 0 Å². The number of hydrogen-bond acceptors (Lipinski definition) is 0. The van der Waals surface area contributed by atoms with Gasteiger partial charge in [0.1, 0.15) is 5.82 Å². The molecule has 0 fully saturated rings. The molecular formula is C25H28FN. The molecule has 0 bridgehead atoms. The third kappa shape index (κ3) is 3.03. The van der Waals surface area contributed by atoms with Gasteiger partial charge in [-0.25, -0.2) is 4.39 Å². The third-order valence-electron chi connectivity index (χ3n) is 5.94. The highest BCUT2D eigenvalue weighted by molar-refractivity contribution is 5.92. The maximum atomic E-state index is 13.6. The van der Waals surface area contributed by atoms with Crippen LogP contribution in [0.1, 0.15) is 57.6 Å². The maximum Gasteiger partial charge on any atom is 0.123 e. The molecule has 27 heavy (non-hydrogen) atoms. The Morgan fingerprint density at radius 3 is 2.74 bits per heavy atom. The Hall–Kier alpha value is -2.61. The lowest BCUT2D eigenvalue weighted by molar-refractivity contribution is 0.392. The molecule has 1 spiro atoms. The van der Waals surface area contributed by atoms with E-state index < -0.39 is 0 Å². The van der Waals surface area contributed by atoms with Crippen LogP contribution in [-0.4, -0.2) is 4.98 Å². The van der Waals surface area contributed by atoms with Crippen LogP contribution < -0.4 is 0 Å². The summed E-state index contributed by atoms with van der Waals surface area (Å²) in [5.74, 6) is -0.147. The molecule has 0 saturated carbocycles. The lowest BCUT2D eigenvalue weighted by Crippen LogP contribution is -2.30. The fourth-order valence-electron chi connectivity index (χ4n) is 4.58. The van der Waals surface area contributed by atoms with Crippen molar-refractivity contribution >= 4 is 22.6 Å². The third-order valence-corrected chi connectivity index (χ3v) is 5.94. The molecule has 1 N–H and O–H groups in total. The highest BCUT2D eigenvalue weighted by Gasteiger charge is 2.36. The average molecular weight is 362 g/mol. The number of nitrogens with one attached hydrogen (secondary N) is 1. The van der Waals surface area contributed by atoms with Crippen LogP contribution in [0.2, 0.25) is 0 Å². The van der Waals surface area contributed by atoms with Crippen LogP contribution in [-0.2, 0) is 5.41 Å². The predicted molar refractivity (Wildman–Crippen MR) is 115 cm³/mol. The molecule has 0 aliphatic heterocycles. The summed E-state index contributed by atoms with van der Waals surface area (Å²) in [5, 5.41) is 1.30. The lowest BCUT2D eigenvalue weighted by atomic mass is 9.64. The molecule has 1 unspecified atom stereocenters. The Morgan fingerprint density at radius 2 is 1.93 bits per heavy atom. The molecule has 2 aromatic carbocycles. The van der Waals surface area contributed by atoms with E-state index in [4.69, 9.17) is 0 Å². The van der Waals surface area contributed by atoms with Crippen molar-refractivity contribution in [1.82, 2.24) is 4.98 Å². The van der Waals surface area contributed by atoms with E-state index in [0.717, 1.165) is 31.2 Å². The second-order valence-corrected chi connectivity index (χ2v) is 7.30. The standard InChI is InChI=1S/C23H20FN.C2H6.H2/c24-18-7-8-21-17(14-18)4-3-11-23(21)12-9-16(10-13-23)20-15-25-22-6-2-1-5-19(20)22;1-2;/h1-9,14-15,25H,10-13H2;1-2H3;1H. The number of H-pyrrole nitrogens is 1. The second-order valence-electron chi connectivity index (χ2n) is 7.30. The normalized spacial score (nSPS) is 20.8. The molecule has 0 radical (unpaired) electrons. The lowest BCUT2D eigenvalue weighted by Gasteiger charge is -2.39. The first kappa shape index (κ1) is 17.8. The van der Waals surface area contributed by atoms with E-state index in [2.05, 4.69) is 53.7 Å². The Balaban J connectivity index is 0.000000728. The van der Waals surface area contributed by atoms with Gasteiger partial charge in [-0.3, -0.25) is 0 Å². The summed E-state index contributed by atoms with van der Waals surface area (Å²) < 4.78 is 13.6. The number of para-hydroxylation sites is 1. The van der Waals surface area contributed by atoms with Crippen LogP contribution in [0, 0.1) is 5.82 Å². The van der Waals surface area contributed by atoms with Crippen molar-refractivity contribution in [3.05, 3.63) is 83.3 Å². The van der Waals surface area contributed by atoms with Gasteiger partial charge in [-0.15, -0.1) is 0 Å². The topological polar surface area (TPSA) is 15.8 Å². The summed E-state index contributed by atoms with van der Waals surface area (Å²) in [6.45, 7) is 4.00. The van der Waals surface area contributed by atoms with Gasteiger partial charge >= 0.3 is 0 Å². The van der Waals surface area contributed by atoms with Crippen LogP contribution in [0.4, 0.5) is 4.39 Å². The first-order valence-corrected chi connectivity index (χ1v) is 9.97. The molecule has 1 aromatic heterocycles. The van der Waals surface area contributed by atoms with Crippen molar-refractivity contribution in [2.24, 2.45) is 0 Å². The van der Waals surface area contributed by atoms with Crippen molar-refractivity contribution in [2.75, 3.05) is 0 Å². The number of allylic oxidation sites excluding steroid dienone is 3. The molecule has 1 nitrogen and oxygen atoms in total. The van der Waals surface area contributed by atoms with Crippen LogP contribution in [0.15, 0.2) is 60.8 Å². The summed E-state index contributed by atoms with van der Waals surface area (Å²) in [4.78, 5) is 3.38. The van der Waals surface area contributed by atoms with Crippen molar-refractivity contribution < 1.29 is 5.82 Å². The zero-order valence-electron chi connectivity index (χ0n) is 16.1. The Labute approximate surface area is 162 Å². The fraction of sp³-hybridized carbons (Fsp3) is 0.280. The van der Waals surface area contributed by atoms with Gasteiger partial charge in [0.15, 0.2) is 0 Å². The SMILES string of the molecule is CC.Fc1ccc2c(c1)C=CCC21CC=C(c2c[nH]c3ccccc23)CC1.[HH]. The first-order valence-electron chi connectivity index (χ1n) is 9.97. The van der Waals surface area contributed by atoms with Gasteiger partial charge in [-0.2, -0.15) is 0 Å². The van der Waals surface area contributed by atoms with Crippen LogP contribution in [0.25, 0.3) is 22.6 Å². The van der Waals surface area contributed by atoms with Crippen molar-refractivity contribution in [3.63, 3.8) is 0 Å². The molecule has 1 atom stereocenters. The molecular weight excluding hydrogens is 333 g/mol. The van der Waals surface area contributed by atoms with E-state index in [-0.39, 0.29) is 12.7 Å². The maximum absolute atomic E-state index is 13.6.